The molecule has 0 aliphatic carbocycles. The lowest BCUT2D eigenvalue weighted by Crippen LogP contribution is -2.51. The number of rotatable bonds is 4. The van der Waals surface area contributed by atoms with Crippen LogP contribution in [-0.4, -0.2) is 74.2 Å². The molecule has 2 N–H and O–H groups in total. The molecule has 12 heteroatoms. The maximum Gasteiger partial charge on any atom is 0.244 e. The van der Waals surface area contributed by atoms with Crippen molar-refractivity contribution in [2.24, 2.45) is 5.14 Å². The van der Waals surface area contributed by atoms with Gasteiger partial charge < -0.3 is 4.90 Å². The van der Waals surface area contributed by atoms with E-state index in [1.807, 2.05) is 0 Å². The Morgan fingerprint density at radius 1 is 1.00 bits per heavy atom. The van der Waals surface area contributed by atoms with Crippen LogP contribution in [-0.2, 0) is 24.8 Å². The van der Waals surface area contributed by atoms with E-state index in [1.165, 1.54) is 28.2 Å². The molecule has 8 nitrogen and oxygen atoms in total. The summed E-state index contributed by atoms with van der Waals surface area (Å²) < 4.78 is 49.8. The minimum Gasteiger partial charge on any atom is -0.340 e. The lowest BCUT2D eigenvalue weighted by atomic mass is 10.3. The number of benzene rings is 1. The van der Waals surface area contributed by atoms with Crippen LogP contribution in [0.5, 0.6) is 0 Å². The van der Waals surface area contributed by atoms with Gasteiger partial charge in [0.2, 0.25) is 26.0 Å². The summed E-state index contributed by atoms with van der Waals surface area (Å²) in [7, 11) is -7.81. The highest BCUT2D eigenvalue weighted by Gasteiger charge is 2.41. The van der Waals surface area contributed by atoms with Gasteiger partial charge in [0.05, 0.1) is 15.7 Å². The number of nitrogens with two attached hydrogens (primary N) is 1. The van der Waals surface area contributed by atoms with Crippen molar-refractivity contribution in [1.29, 1.82) is 0 Å². The Balaban J connectivity index is 1.84. The average Bonchev–Trinajstić information content (AvgIpc) is 3.12. The highest BCUT2D eigenvalue weighted by molar-refractivity contribution is 8.00. The van der Waals surface area contributed by atoms with Crippen LogP contribution in [0.3, 0.4) is 0 Å². The number of hydrogen-bond acceptors (Lipinski definition) is 7. The smallest absolute Gasteiger partial charge is 0.244 e. The largest absolute Gasteiger partial charge is 0.340 e. The fourth-order valence-corrected chi connectivity index (χ4v) is 7.34. The molecule has 26 heavy (non-hydrogen) atoms. The minimum atomic E-state index is -3.91. The van der Waals surface area contributed by atoms with Crippen LogP contribution in [0.4, 0.5) is 0 Å². The Kier molecular flexibility index (Phi) is 5.89. The number of carbonyl (C=O) groups is 1. The molecule has 0 radical (unpaired) electrons. The standard InChI is InChI=1S/C14H19N3O5S4/c15-25(19,20)11-1-3-12(4-2-11)26(21,22)17-10-24-9-13(17)14(18)16-5-7-23-8-6-16/h1-4,13H,5-10H2,(H2,15,19,20). The molecule has 1 unspecified atom stereocenters. The van der Waals surface area contributed by atoms with E-state index in [0.717, 1.165) is 23.6 Å². The molecule has 1 amide bonds. The van der Waals surface area contributed by atoms with E-state index < -0.39 is 26.1 Å². The summed E-state index contributed by atoms with van der Waals surface area (Å²) in [6, 6.07) is 3.99. The highest BCUT2D eigenvalue weighted by atomic mass is 32.2. The number of thioether (sulfide) groups is 2. The molecule has 1 aromatic carbocycles. The van der Waals surface area contributed by atoms with Crippen LogP contribution < -0.4 is 5.14 Å². The molecule has 1 atom stereocenters. The van der Waals surface area contributed by atoms with Gasteiger partial charge in [0.15, 0.2) is 0 Å². The van der Waals surface area contributed by atoms with Crippen molar-refractivity contribution in [3.8, 4) is 0 Å². The van der Waals surface area contributed by atoms with Gasteiger partial charge in [0, 0.05) is 30.3 Å². The maximum atomic E-state index is 13.0. The first-order valence-corrected chi connectivity index (χ1v) is 13.1. The van der Waals surface area contributed by atoms with Gasteiger partial charge in [-0.1, -0.05) is 0 Å². The quantitative estimate of drug-likeness (QED) is 0.703. The molecule has 2 fully saturated rings. The zero-order valence-corrected chi connectivity index (χ0v) is 17.0. The molecular formula is C14H19N3O5S4. The van der Waals surface area contributed by atoms with Crippen LogP contribution in [0.25, 0.3) is 0 Å². The summed E-state index contributed by atoms with van der Waals surface area (Å²) in [6.07, 6.45) is 0. The predicted molar refractivity (Wildman–Crippen MR) is 102 cm³/mol. The fourth-order valence-electron chi connectivity index (χ4n) is 2.79. The van der Waals surface area contributed by atoms with Crippen molar-refractivity contribution >= 4 is 49.5 Å². The minimum absolute atomic E-state index is 0.0561. The van der Waals surface area contributed by atoms with E-state index in [4.69, 9.17) is 5.14 Å². The SMILES string of the molecule is NS(=O)(=O)c1ccc(S(=O)(=O)N2CSCC2C(=O)N2CCSCC2)cc1. The summed E-state index contributed by atoms with van der Waals surface area (Å²) in [5, 5.41) is 5.04. The van der Waals surface area contributed by atoms with E-state index in [2.05, 4.69) is 0 Å². The Hall–Kier alpha value is -0.790. The van der Waals surface area contributed by atoms with E-state index >= 15 is 0 Å². The van der Waals surface area contributed by atoms with Gasteiger partial charge >= 0.3 is 0 Å². The summed E-state index contributed by atoms with van der Waals surface area (Å²) in [4.78, 5) is 14.3. The van der Waals surface area contributed by atoms with E-state index in [1.54, 1.807) is 16.7 Å². The Bertz CT molecular complexity index is 880. The van der Waals surface area contributed by atoms with Crippen molar-refractivity contribution in [1.82, 2.24) is 9.21 Å². The van der Waals surface area contributed by atoms with Crippen molar-refractivity contribution in [3.05, 3.63) is 24.3 Å². The topological polar surface area (TPSA) is 118 Å². The van der Waals surface area contributed by atoms with Crippen molar-refractivity contribution in [2.45, 2.75) is 15.8 Å². The number of hydrogen-bond donors (Lipinski definition) is 1. The molecule has 0 bridgehead atoms. The van der Waals surface area contributed by atoms with Gasteiger partial charge in [-0.15, -0.1) is 11.8 Å². The van der Waals surface area contributed by atoms with E-state index in [0.29, 0.717) is 18.8 Å². The molecule has 2 aliphatic rings. The fraction of sp³-hybridized carbons (Fsp3) is 0.500. The molecule has 2 heterocycles. The zero-order valence-electron chi connectivity index (χ0n) is 13.8. The van der Waals surface area contributed by atoms with Crippen LogP contribution in [0.2, 0.25) is 0 Å². The summed E-state index contributed by atoms with van der Waals surface area (Å²) in [6.45, 7) is 1.25. The number of amides is 1. The molecule has 2 saturated heterocycles. The number of nitrogens with zero attached hydrogens (tertiary/aromatic N) is 2. The molecule has 0 saturated carbocycles. The van der Waals surface area contributed by atoms with Crippen LogP contribution >= 0.6 is 23.5 Å². The molecular weight excluding hydrogens is 418 g/mol. The van der Waals surface area contributed by atoms with Gasteiger partial charge in [-0.05, 0) is 24.3 Å². The number of primary sulfonamides is 1. The lowest BCUT2D eigenvalue weighted by Gasteiger charge is -2.31. The average molecular weight is 438 g/mol. The Morgan fingerprint density at radius 2 is 1.58 bits per heavy atom. The molecule has 2 aliphatic heterocycles. The Labute approximate surface area is 161 Å². The second kappa shape index (κ2) is 7.68. The second-order valence-corrected chi connectivity index (χ2v) is 11.5. The molecule has 0 spiro atoms. The van der Waals surface area contributed by atoms with Crippen LogP contribution in [0.15, 0.2) is 34.1 Å². The van der Waals surface area contributed by atoms with Crippen LogP contribution in [0.1, 0.15) is 0 Å². The third-order valence-electron chi connectivity index (χ3n) is 4.21. The molecule has 144 valence electrons. The Morgan fingerprint density at radius 3 is 2.15 bits per heavy atom. The summed E-state index contributed by atoms with van der Waals surface area (Å²) in [5.74, 6) is 2.15. The molecule has 3 rings (SSSR count). The maximum absolute atomic E-state index is 13.0. The normalized spacial score (nSPS) is 22.5. The predicted octanol–water partition coefficient (Wildman–Crippen LogP) is -0.0270. The van der Waals surface area contributed by atoms with E-state index in [-0.39, 0.29) is 21.6 Å². The van der Waals surface area contributed by atoms with Gasteiger partial charge in [-0.2, -0.15) is 16.1 Å². The first-order chi connectivity index (χ1) is 12.2. The van der Waals surface area contributed by atoms with Crippen LogP contribution in [0, 0.1) is 0 Å². The zero-order chi connectivity index (χ0) is 18.9. The monoisotopic (exact) mass is 437 g/mol. The summed E-state index contributed by atoms with van der Waals surface area (Å²) >= 11 is 3.16. The van der Waals surface area contributed by atoms with Gasteiger partial charge in [0.1, 0.15) is 6.04 Å². The number of sulfonamides is 2. The lowest BCUT2D eigenvalue weighted by molar-refractivity contribution is -0.133. The van der Waals surface area contributed by atoms with E-state index in [9.17, 15) is 21.6 Å². The second-order valence-electron chi connectivity index (χ2n) is 5.86. The van der Waals surface area contributed by atoms with Gasteiger partial charge in [-0.25, -0.2) is 22.0 Å². The van der Waals surface area contributed by atoms with Gasteiger partial charge in [-0.3, -0.25) is 4.79 Å². The first kappa shape index (κ1) is 20.0. The van der Waals surface area contributed by atoms with Gasteiger partial charge in [0.25, 0.3) is 0 Å². The van der Waals surface area contributed by atoms with Crippen molar-refractivity contribution in [3.63, 3.8) is 0 Å². The van der Waals surface area contributed by atoms with Crippen molar-refractivity contribution in [2.75, 3.05) is 36.2 Å². The third kappa shape index (κ3) is 4.04. The first-order valence-electron chi connectivity index (χ1n) is 7.80. The number of carbonyl (C=O) groups excluding carboxylic acids is 1. The third-order valence-corrected chi connectivity index (χ3v) is 9.12. The molecule has 0 aromatic heterocycles. The van der Waals surface area contributed by atoms with Crippen molar-refractivity contribution < 1.29 is 21.6 Å². The molecule has 1 aromatic rings. The summed E-state index contributed by atoms with van der Waals surface area (Å²) in [5.41, 5.74) is 0. The highest BCUT2D eigenvalue weighted by Crippen LogP contribution is 2.30.